The van der Waals surface area contributed by atoms with E-state index in [1.54, 1.807) is 0 Å². The van der Waals surface area contributed by atoms with Crippen molar-refractivity contribution in [1.29, 1.82) is 0 Å². The molecule has 0 spiro atoms. The van der Waals surface area contributed by atoms with E-state index in [1.807, 2.05) is 0 Å². The average Bonchev–Trinajstić information content (AvgIpc) is 2.86. The number of benzene rings is 1. The number of hydrogen-bond donors (Lipinski definition) is 5. The Hall–Kier alpha value is -2.11. The van der Waals surface area contributed by atoms with Crippen molar-refractivity contribution in [3.63, 3.8) is 0 Å². The normalized spacial score (nSPS) is 30.4. The molecule has 0 bridgehead atoms. The summed E-state index contributed by atoms with van der Waals surface area (Å²) in [5.74, 6) is -2.33. The molecule has 2 aromatic rings. The number of nitrogens with one attached hydrogen (secondary N) is 1. The Labute approximate surface area is 137 Å². The largest absolute Gasteiger partial charge is 0.479 e. The number of aromatic amines is 1. The minimum atomic E-state index is -1.84. The van der Waals surface area contributed by atoms with Gasteiger partial charge in [0.15, 0.2) is 11.7 Å². The second kappa shape index (κ2) is 6.07. The minimum Gasteiger partial charge on any atom is -0.479 e. The number of H-pyrrole nitrogens is 1. The number of hydrogen-bond acceptors (Lipinski definition) is 8. The van der Waals surface area contributed by atoms with Crippen LogP contribution in [0.5, 0.6) is 5.75 Å². The summed E-state index contributed by atoms with van der Waals surface area (Å²) in [6.45, 7) is 0. The first-order valence-electron chi connectivity index (χ1n) is 6.69. The number of carbonyl (C=O) groups is 1. The molecule has 5 atom stereocenters. The molecule has 1 aliphatic heterocycles. The maximum absolute atomic E-state index is 11.2. The second-order valence-corrected chi connectivity index (χ2v) is 5.55. The van der Waals surface area contributed by atoms with E-state index < -0.39 is 42.4 Å². The zero-order chi connectivity index (χ0) is 17.6. The van der Waals surface area contributed by atoms with E-state index in [-0.39, 0.29) is 16.4 Å². The predicted octanol–water partition coefficient (Wildman–Crippen LogP) is -0.955. The number of fused-ring (bicyclic) bond motifs is 1. The number of aromatic nitrogens is 1. The van der Waals surface area contributed by atoms with Gasteiger partial charge < -0.3 is 34.3 Å². The van der Waals surface area contributed by atoms with Gasteiger partial charge in [0.2, 0.25) is 6.29 Å². The number of carboxylic acid groups (broad SMARTS) is 1. The fraction of sp³-hybridized carbons (Fsp3) is 0.385. The summed E-state index contributed by atoms with van der Waals surface area (Å²) in [5.41, 5.74) is 0.418. The zero-order valence-corrected chi connectivity index (χ0v) is 12.5. The van der Waals surface area contributed by atoms with Gasteiger partial charge in [-0.1, -0.05) is 11.6 Å². The minimum absolute atomic E-state index is 0.0165. The lowest BCUT2D eigenvalue weighted by Gasteiger charge is -2.38. The van der Waals surface area contributed by atoms with Gasteiger partial charge in [0.25, 0.3) is 0 Å². The summed E-state index contributed by atoms with van der Waals surface area (Å²) >= 11 is 5.99. The van der Waals surface area contributed by atoms with Crippen molar-refractivity contribution >= 4 is 28.7 Å². The van der Waals surface area contributed by atoms with Crippen LogP contribution in [0.15, 0.2) is 21.3 Å². The second-order valence-electron chi connectivity index (χ2n) is 5.15. The number of oxazole rings is 1. The fourth-order valence-electron chi connectivity index (χ4n) is 2.32. The number of aliphatic carboxylic acids is 1. The van der Waals surface area contributed by atoms with Gasteiger partial charge in [0.1, 0.15) is 24.1 Å². The number of ether oxygens (including phenoxy) is 2. The van der Waals surface area contributed by atoms with Crippen LogP contribution in [0.1, 0.15) is 0 Å². The molecular formula is C13H12ClNO9. The van der Waals surface area contributed by atoms with Gasteiger partial charge in [-0.25, -0.2) is 9.59 Å². The van der Waals surface area contributed by atoms with Gasteiger partial charge in [0.05, 0.1) is 10.5 Å². The molecule has 24 heavy (non-hydrogen) atoms. The van der Waals surface area contributed by atoms with Gasteiger partial charge in [-0.05, 0) is 6.07 Å². The molecule has 0 amide bonds. The van der Waals surface area contributed by atoms with Gasteiger partial charge in [0, 0.05) is 6.07 Å². The lowest BCUT2D eigenvalue weighted by Crippen LogP contribution is -2.61. The highest BCUT2D eigenvalue weighted by atomic mass is 35.5. The van der Waals surface area contributed by atoms with Gasteiger partial charge in [-0.2, -0.15) is 0 Å². The first kappa shape index (κ1) is 16.7. The third kappa shape index (κ3) is 2.85. The molecule has 130 valence electrons. The number of halogens is 1. The van der Waals surface area contributed by atoms with E-state index in [0.29, 0.717) is 5.52 Å². The Morgan fingerprint density at radius 2 is 1.92 bits per heavy atom. The summed E-state index contributed by atoms with van der Waals surface area (Å²) in [7, 11) is 0. The Morgan fingerprint density at radius 1 is 1.21 bits per heavy atom. The third-order valence-electron chi connectivity index (χ3n) is 3.53. The number of aliphatic hydroxyl groups excluding tert-OH is 3. The molecule has 3 rings (SSSR count). The lowest BCUT2D eigenvalue weighted by molar-refractivity contribution is -0.271. The van der Waals surface area contributed by atoms with Crippen molar-refractivity contribution in [3.05, 3.63) is 27.7 Å². The molecule has 1 aromatic carbocycles. The molecule has 5 N–H and O–H groups in total. The molecule has 1 aliphatic rings. The predicted molar refractivity (Wildman–Crippen MR) is 76.8 cm³/mol. The monoisotopic (exact) mass is 361 g/mol. The van der Waals surface area contributed by atoms with E-state index in [0.717, 1.165) is 0 Å². The molecule has 10 nitrogen and oxygen atoms in total. The van der Waals surface area contributed by atoms with Crippen molar-refractivity contribution in [2.45, 2.75) is 30.7 Å². The molecule has 1 aromatic heterocycles. The van der Waals surface area contributed by atoms with Crippen molar-refractivity contribution < 1.29 is 39.1 Å². The highest BCUT2D eigenvalue weighted by Gasteiger charge is 2.48. The summed E-state index contributed by atoms with van der Waals surface area (Å²) in [4.78, 5) is 24.6. The van der Waals surface area contributed by atoms with Crippen molar-refractivity contribution in [1.82, 2.24) is 4.98 Å². The fourth-order valence-corrected chi connectivity index (χ4v) is 2.53. The van der Waals surface area contributed by atoms with Crippen LogP contribution in [0.3, 0.4) is 0 Å². The molecule has 0 saturated carbocycles. The number of carboxylic acids is 1. The van der Waals surface area contributed by atoms with Crippen LogP contribution in [0, 0.1) is 0 Å². The molecule has 1 fully saturated rings. The third-order valence-corrected chi connectivity index (χ3v) is 3.82. The Morgan fingerprint density at radius 3 is 2.58 bits per heavy atom. The Balaban J connectivity index is 1.90. The molecule has 0 radical (unpaired) electrons. The van der Waals surface area contributed by atoms with Crippen LogP contribution < -0.4 is 10.5 Å². The van der Waals surface area contributed by atoms with Gasteiger partial charge in [-0.15, -0.1) is 0 Å². The van der Waals surface area contributed by atoms with Gasteiger partial charge >= 0.3 is 11.7 Å². The Kier molecular flexibility index (Phi) is 4.24. The Bertz CT molecular complexity index is 830. The molecule has 1 saturated heterocycles. The maximum Gasteiger partial charge on any atom is 0.417 e. The van der Waals surface area contributed by atoms with Gasteiger partial charge in [-0.3, -0.25) is 4.98 Å². The van der Waals surface area contributed by atoms with Crippen LogP contribution in [0.4, 0.5) is 0 Å². The smallest absolute Gasteiger partial charge is 0.417 e. The first-order chi connectivity index (χ1) is 11.3. The molecule has 5 unspecified atom stereocenters. The van der Waals surface area contributed by atoms with Crippen LogP contribution in [-0.2, 0) is 9.53 Å². The first-order valence-corrected chi connectivity index (χ1v) is 7.07. The lowest BCUT2D eigenvalue weighted by atomic mass is 9.99. The van der Waals surface area contributed by atoms with Crippen LogP contribution in [0.25, 0.3) is 11.1 Å². The highest BCUT2D eigenvalue weighted by molar-refractivity contribution is 6.32. The van der Waals surface area contributed by atoms with Crippen molar-refractivity contribution in [2.75, 3.05) is 0 Å². The quantitative estimate of drug-likeness (QED) is 0.463. The molecule has 11 heteroatoms. The molecular weight excluding hydrogens is 350 g/mol. The average molecular weight is 362 g/mol. The number of rotatable bonds is 3. The SMILES string of the molecule is O=C(O)C1OC(Oc2cc3oc(=O)[nH]c3cc2Cl)C(O)C(O)C1O. The summed E-state index contributed by atoms with van der Waals surface area (Å²) in [5, 5.41) is 38.2. The topological polar surface area (TPSA) is 162 Å². The maximum atomic E-state index is 11.2. The van der Waals surface area contributed by atoms with Crippen LogP contribution in [0.2, 0.25) is 5.02 Å². The van der Waals surface area contributed by atoms with Crippen molar-refractivity contribution in [2.24, 2.45) is 0 Å². The van der Waals surface area contributed by atoms with E-state index in [2.05, 4.69) is 4.98 Å². The zero-order valence-electron chi connectivity index (χ0n) is 11.7. The summed E-state index contributed by atoms with van der Waals surface area (Å²) in [6.07, 6.45) is -8.80. The van der Waals surface area contributed by atoms with E-state index in [1.165, 1.54) is 12.1 Å². The summed E-state index contributed by atoms with van der Waals surface area (Å²) in [6, 6.07) is 2.56. The van der Waals surface area contributed by atoms with Crippen LogP contribution in [-0.4, -0.2) is 62.1 Å². The highest BCUT2D eigenvalue weighted by Crippen LogP contribution is 2.32. The van der Waals surface area contributed by atoms with E-state index in [4.69, 9.17) is 30.6 Å². The van der Waals surface area contributed by atoms with Crippen molar-refractivity contribution in [3.8, 4) is 5.75 Å². The standard InChI is InChI=1S/C13H12ClNO9/c14-3-1-4-6(23-13(21)15-4)2-5(3)22-12-9(18)7(16)8(17)10(24-12)11(19)20/h1-2,7-10,12,16-18H,(H,15,21)(H,19,20). The van der Waals surface area contributed by atoms with E-state index in [9.17, 15) is 24.9 Å². The molecule has 2 heterocycles. The van der Waals surface area contributed by atoms with E-state index >= 15 is 0 Å². The molecule has 0 aliphatic carbocycles. The number of aliphatic hydroxyl groups is 3. The summed E-state index contributed by atoms with van der Waals surface area (Å²) < 4.78 is 15.1. The van der Waals surface area contributed by atoms with Crippen LogP contribution >= 0.6 is 11.6 Å².